The Bertz CT molecular complexity index is 1120. The topological polar surface area (TPSA) is 64.8 Å². The molecule has 1 atom stereocenters. The van der Waals surface area contributed by atoms with Gasteiger partial charge in [0, 0.05) is 19.3 Å². The predicted octanol–water partition coefficient (Wildman–Crippen LogP) is 4.95. The average Bonchev–Trinajstić information content (AvgIpc) is 3.28. The number of aromatic nitrogens is 1. The quantitative estimate of drug-likeness (QED) is 0.558. The van der Waals surface area contributed by atoms with Crippen molar-refractivity contribution in [2.24, 2.45) is 4.99 Å². The SMILES string of the molecule is N#CCC1C=CN=C(N2CCC(OCc3ccccc3)CC2)N1c1nc2ccccc2s1. The van der Waals surface area contributed by atoms with Gasteiger partial charge in [-0.25, -0.2) is 9.98 Å². The van der Waals surface area contributed by atoms with Crippen LogP contribution in [0.15, 0.2) is 71.9 Å². The molecule has 2 aliphatic heterocycles. The van der Waals surface area contributed by atoms with Gasteiger partial charge in [0.2, 0.25) is 5.96 Å². The molecule has 2 aromatic carbocycles. The van der Waals surface area contributed by atoms with Crippen LogP contribution in [0.1, 0.15) is 24.8 Å². The second kappa shape index (κ2) is 9.51. The largest absolute Gasteiger partial charge is 0.373 e. The highest BCUT2D eigenvalue weighted by Crippen LogP contribution is 2.33. The standard InChI is InChI=1S/C25H25N5OS/c26-14-10-20-11-15-27-24(30(20)25-28-22-8-4-5-9-23(22)32-25)29-16-12-21(13-17-29)31-18-19-6-2-1-3-7-19/h1-9,11,15,20-21H,10,12-13,16-18H2. The summed E-state index contributed by atoms with van der Waals surface area (Å²) in [4.78, 5) is 14.0. The van der Waals surface area contributed by atoms with E-state index in [1.807, 2.05) is 48.7 Å². The highest BCUT2D eigenvalue weighted by molar-refractivity contribution is 7.22. The summed E-state index contributed by atoms with van der Waals surface area (Å²) in [5, 5.41) is 10.3. The molecule has 0 bridgehead atoms. The maximum Gasteiger partial charge on any atom is 0.208 e. The van der Waals surface area contributed by atoms with Crippen molar-refractivity contribution in [2.75, 3.05) is 18.0 Å². The molecule has 32 heavy (non-hydrogen) atoms. The number of fused-ring (bicyclic) bond motifs is 1. The van der Waals surface area contributed by atoms with Crippen molar-refractivity contribution in [1.82, 2.24) is 9.88 Å². The summed E-state index contributed by atoms with van der Waals surface area (Å²) in [7, 11) is 0. The van der Waals surface area contributed by atoms with Gasteiger partial charge in [0.25, 0.3) is 0 Å². The molecule has 1 unspecified atom stereocenters. The molecule has 7 heteroatoms. The lowest BCUT2D eigenvalue weighted by Crippen LogP contribution is -2.53. The molecule has 0 saturated carbocycles. The lowest BCUT2D eigenvalue weighted by Gasteiger charge is -2.40. The number of nitrogens with zero attached hydrogens (tertiary/aromatic N) is 5. The van der Waals surface area contributed by atoms with Crippen molar-refractivity contribution >= 4 is 32.6 Å². The number of thiazole rings is 1. The van der Waals surface area contributed by atoms with E-state index in [0.717, 1.165) is 47.2 Å². The zero-order valence-corrected chi connectivity index (χ0v) is 18.6. The van der Waals surface area contributed by atoms with E-state index >= 15 is 0 Å². The number of hydrogen-bond donors (Lipinski definition) is 0. The molecule has 0 aliphatic carbocycles. The Balaban J connectivity index is 1.30. The minimum absolute atomic E-state index is 0.0693. The van der Waals surface area contributed by atoms with Crippen molar-refractivity contribution < 1.29 is 4.74 Å². The lowest BCUT2D eigenvalue weighted by atomic mass is 10.1. The van der Waals surface area contributed by atoms with Crippen LogP contribution in [0.3, 0.4) is 0 Å². The zero-order chi connectivity index (χ0) is 21.8. The molecule has 3 aromatic rings. The van der Waals surface area contributed by atoms with Crippen LogP contribution in [0.25, 0.3) is 10.2 Å². The second-order valence-electron chi connectivity index (χ2n) is 8.02. The van der Waals surface area contributed by atoms with Crippen LogP contribution in [-0.2, 0) is 11.3 Å². The monoisotopic (exact) mass is 443 g/mol. The Labute approximate surface area is 192 Å². The normalized spacial score (nSPS) is 19.2. The molecule has 6 nitrogen and oxygen atoms in total. The van der Waals surface area contributed by atoms with E-state index in [-0.39, 0.29) is 12.1 Å². The van der Waals surface area contributed by atoms with Crippen LogP contribution in [0.5, 0.6) is 0 Å². The third kappa shape index (κ3) is 4.38. The van der Waals surface area contributed by atoms with Gasteiger partial charge in [-0.1, -0.05) is 53.8 Å². The molecule has 5 rings (SSSR count). The van der Waals surface area contributed by atoms with E-state index in [0.29, 0.717) is 13.0 Å². The molecule has 3 heterocycles. The van der Waals surface area contributed by atoms with E-state index in [2.05, 4.69) is 34.1 Å². The van der Waals surface area contributed by atoms with Gasteiger partial charge in [0.15, 0.2) is 5.13 Å². The van der Waals surface area contributed by atoms with E-state index in [4.69, 9.17) is 14.7 Å². The number of ether oxygens (including phenoxy) is 1. The Kier molecular flexibility index (Phi) is 6.15. The van der Waals surface area contributed by atoms with Crippen LogP contribution in [0.2, 0.25) is 0 Å². The second-order valence-corrected chi connectivity index (χ2v) is 9.03. The van der Waals surface area contributed by atoms with Gasteiger partial charge in [0.05, 0.1) is 41.5 Å². The van der Waals surface area contributed by atoms with Crippen molar-refractivity contribution in [3.8, 4) is 6.07 Å². The summed E-state index contributed by atoms with van der Waals surface area (Å²) in [6.45, 7) is 2.39. The third-order valence-corrected chi connectivity index (χ3v) is 6.92. The zero-order valence-electron chi connectivity index (χ0n) is 17.8. The Morgan fingerprint density at radius 1 is 1.06 bits per heavy atom. The number of likely N-dealkylation sites (tertiary alicyclic amines) is 1. The molecule has 1 aromatic heterocycles. The Morgan fingerprint density at radius 2 is 1.84 bits per heavy atom. The summed E-state index contributed by atoms with van der Waals surface area (Å²) < 4.78 is 7.31. The Morgan fingerprint density at radius 3 is 2.62 bits per heavy atom. The van der Waals surface area contributed by atoms with Gasteiger partial charge in [-0.15, -0.1) is 0 Å². The third-order valence-electron chi connectivity index (χ3n) is 5.89. The van der Waals surface area contributed by atoms with Gasteiger partial charge in [0.1, 0.15) is 0 Å². The number of aliphatic imine (C=N–C) groups is 1. The van der Waals surface area contributed by atoms with Crippen molar-refractivity contribution in [3.63, 3.8) is 0 Å². The number of benzene rings is 2. The van der Waals surface area contributed by atoms with Gasteiger partial charge in [-0.05, 0) is 36.6 Å². The van der Waals surface area contributed by atoms with Gasteiger partial charge < -0.3 is 9.64 Å². The molecule has 0 radical (unpaired) electrons. The summed E-state index contributed by atoms with van der Waals surface area (Å²) in [6, 6.07) is 20.7. The van der Waals surface area contributed by atoms with Crippen molar-refractivity contribution in [2.45, 2.75) is 38.0 Å². The summed E-state index contributed by atoms with van der Waals surface area (Å²) in [6.07, 6.45) is 6.37. The van der Waals surface area contributed by atoms with Crippen molar-refractivity contribution in [3.05, 3.63) is 72.4 Å². The summed E-state index contributed by atoms with van der Waals surface area (Å²) >= 11 is 1.65. The van der Waals surface area contributed by atoms with E-state index in [9.17, 15) is 5.26 Å². The minimum atomic E-state index is -0.0693. The molecule has 1 fully saturated rings. The van der Waals surface area contributed by atoms with Gasteiger partial charge >= 0.3 is 0 Å². The van der Waals surface area contributed by atoms with Crippen LogP contribution in [0, 0.1) is 11.3 Å². The molecule has 162 valence electrons. The number of nitriles is 1. The number of para-hydroxylation sites is 1. The average molecular weight is 444 g/mol. The first-order chi connectivity index (χ1) is 15.8. The van der Waals surface area contributed by atoms with E-state index in [1.165, 1.54) is 5.56 Å². The molecule has 0 spiro atoms. The predicted molar refractivity (Wildman–Crippen MR) is 129 cm³/mol. The number of rotatable bonds is 5. The smallest absolute Gasteiger partial charge is 0.208 e. The molecule has 0 amide bonds. The van der Waals surface area contributed by atoms with E-state index < -0.39 is 0 Å². The molecular formula is C25H25N5OS. The number of piperidine rings is 1. The maximum atomic E-state index is 9.41. The highest BCUT2D eigenvalue weighted by Gasteiger charge is 2.32. The fourth-order valence-corrected chi connectivity index (χ4v) is 5.21. The first-order valence-electron chi connectivity index (χ1n) is 11.0. The summed E-state index contributed by atoms with van der Waals surface area (Å²) in [5.74, 6) is 0.883. The first-order valence-corrected chi connectivity index (χ1v) is 11.8. The van der Waals surface area contributed by atoms with Crippen LogP contribution < -0.4 is 4.90 Å². The fourth-order valence-electron chi connectivity index (χ4n) is 4.19. The fraction of sp³-hybridized carbons (Fsp3) is 0.320. The van der Waals surface area contributed by atoms with Crippen LogP contribution in [-0.4, -0.2) is 41.1 Å². The molecule has 1 saturated heterocycles. The Hall–Kier alpha value is -3.21. The maximum absolute atomic E-state index is 9.41. The number of hydrogen-bond acceptors (Lipinski definition) is 7. The lowest BCUT2D eigenvalue weighted by molar-refractivity contribution is 0.00810. The van der Waals surface area contributed by atoms with Crippen LogP contribution in [0.4, 0.5) is 5.13 Å². The molecule has 2 aliphatic rings. The first kappa shape index (κ1) is 20.7. The van der Waals surface area contributed by atoms with Gasteiger partial charge in [-0.2, -0.15) is 5.26 Å². The molecule has 0 N–H and O–H groups in total. The van der Waals surface area contributed by atoms with Gasteiger partial charge in [-0.3, -0.25) is 4.90 Å². The van der Waals surface area contributed by atoms with Crippen LogP contribution >= 0.6 is 11.3 Å². The molecular weight excluding hydrogens is 418 g/mol. The number of anilines is 1. The highest BCUT2D eigenvalue weighted by atomic mass is 32.1. The number of guanidine groups is 1. The minimum Gasteiger partial charge on any atom is -0.373 e. The van der Waals surface area contributed by atoms with Crippen molar-refractivity contribution in [1.29, 1.82) is 5.26 Å². The van der Waals surface area contributed by atoms with E-state index in [1.54, 1.807) is 11.3 Å². The summed E-state index contributed by atoms with van der Waals surface area (Å²) in [5.41, 5.74) is 2.18.